The van der Waals surface area contributed by atoms with Crippen LogP contribution in [0, 0.1) is 6.92 Å². The average molecular weight is 305 g/mol. The van der Waals surface area contributed by atoms with E-state index in [1.165, 1.54) is 24.1 Å². The Morgan fingerprint density at radius 1 is 1.48 bits per heavy atom. The molecule has 2 aromatic rings. The third kappa shape index (κ3) is 2.61. The second kappa shape index (κ2) is 5.99. The van der Waals surface area contributed by atoms with Crippen LogP contribution in [-0.4, -0.2) is 35.7 Å². The van der Waals surface area contributed by atoms with Gasteiger partial charge in [-0.25, -0.2) is 9.78 Å². The number of rotatable bonds is 3. The van der Waals surface area contributed by atoms with Crippen molar-refractivity contribution in [2.75, 3.05) is 20.2 Å². The molecule has 0 radical (unpaired) electrons. The van der Waals surface area contributed by atoms with Crippen LogP contribution in [0.3, 0.4) is 0 Å². The first-order valence-electron chi connectivity index (χ1n) is 7.12. The summed E-state index contributed by atoms with van der Waals surface area (Å²) in [7, 11) is 1.42. The molecule has 112 valence electrons. The maximum atomic E-state index is 12.0. The number of thiophene rings is 1. The number of hydrogen-bond acceptors (Lipinski definition) is 5. The van der Waals surface area contributed by atoms with Crippen LogP contribution in [0.4, 0.5) is 0 Å². The van der Waals surface area contributed by atoms with E-state index in [9.17, 15) is 4.79 Å². The van der Waals surface area contributed by atoms with Crippen molar-refractivity contribution in [3.05, 3.63) is 34.0 Å². The summed E-state index contributed by atoms with van der Waals surface area (Å²) in [6.07, 6.45) is 5.93. The topological polar surface area (TPSA) is 56.2 Å². The zero-order chi connectivity index (χ0) is 14.8. The number of hydrogen-bond donors (Lipinski definition) is 1. The number of carbonyl (C=O) groups excluding carboxylic acids is 1. The van der Waals surface area contributed by atoms with Gasteiger partial charge in [-0.15, -0.1) is 11.3 Å². The molecule has 5 nitrogen and oxygen atoms in total. The lowest BCUT2D eigenvalue weighted by atomic mass is 9.95. The number of ether oxygens (including phenoxy) is 1. The molecule has 1 N–H and O–H groups in total. The van der Waals surface area contributed by atoms with Crippen LogP contribution in [0.15, 0.2) is 17.9 Å². The van der Waals surface area contributed by atoms with Gasteiger partial charge < -0.3 is 14.6 Å². The summed E-state index contributed by atoms with van der Waals surface area (Å²) < 4.78 is 6.96. The summed E-state index contributed by atoms with van der Waals surface area (Å²) in [5.74, 6) is 0.201. The second-order valence-electron chi connectivity index (χ2n) is 5.30. The van der Waals surface area contributed by atoms with Gasteiger partial charge in [-0.2, -0.15) is 0 Å². The second-order valence-corrected chi connectivity index (χ2v) is 6.18. The Morgan fingerprint density at radius 3 is 2.95 bits per heavy atom. The Bertz CT molecular complexity index is 641. The van der Waals surface area contributed by atoms with Gasteiger partial charge >= 0.3 is 5.97 Å². The molecule has 0 amide bonds. The molecule has 0 bridgehead atoms. The third-order valence-electron chi connectivity index (χ3n) is 3.98. The number of methoxy groups -OCH3 is 1. The molecule has 0 spiro atoms. The van der Waals surface area contributed by atoms with Gasteiger partial charge in [-0.1, -0.05) is 0 Å². The molecule has 1 saturated heterocycles. The minimum atomic E-state index is -0.284. The largest absolute Gasteiger partial charge is 0.465 e. The van der Waals surface area contributed by atoms with Gasteiger partial charge in [-0.05, 0) is 43.8 Å². The molecule has 2 aromatic heterocycles. The van der Waals surface area contributed by atoms with E-state index in [1.54, 1.807) is 6.33 Å². The van der Waals surface area contributed by atoms with Gasteiger partial charge in [0.05, 0.1) is 19.1 Å². The number of imidazole rings is 1. The van der Waals surface area contributed by atoms with Crippen molar-refractivity contribution in [3.8, 4) is 5.69 Å². The SMILES string of the molecule is COC(=O)c1scc(C)c1-n1cncc1C1CCNCC1. The van der Waals surface area contributed by atoms with Crippen molar-refractivity contribution in [1.82, 2.24) is 14.9 Å². The predicted molar refractivity (Wildman–Crippen MR) is 82.4 cm³/mol. The molecule has 3 heterocycles. The first-order chi connectivity index (χ1) is 10.2. The Hall–Kier alpha value is -1.66. The Balaban J connectivity index is 2.03. The Kier molecular flexibility index (Phi) is 4.07. The van der Waals surface area contributed by atoms with Crippen LogP contribution in [0.1, 0.15) is 39.7 Å². The van der Waals surface area contributed by atoms with Crippen LogP contribution in [-0.2, 0) is 4.74 Å². The van der Waals surface area contributed by atoms with E-state index in [1.807, 2.05) is 18.5 Å². The molecular formula is C15H19N3O2S. The molecule has 1 aliphatic heterocycles. The number of aryl methyl sites for hydroxylation is 1. The quantitative estimate of drug-likeness (QED) is 0.885. The summed E-state index contributed by atoms with van der Waals surface area (Å²) in [5.41, 5.74) is 3.18. The minimum Gasteiger partial charge on any atom is -0.465 e. The fourth-order valence-electron chi connectivity index (χ4n) is 2.89. The van der Waals surface area contributed by atoms with Crippen molar-refractivity contribution >= 4 is 17.3 Å². The van der Waals surface area contributed by atoms with Crippen LogP contribution >= 0.6 is 11.3 Å². The fourth-order valence-corrected chi connectivity index (χ4v) is 3.84. The zero-order valence-electron chi connectivity index (χ0n) is 12.3. The highest BCUT2D eigenvalue weighted by atomic mass is 32.1. The summed E-state index contributed by atoms with van der Waals surface area (Å²) in [5, 5.41) is 5.37. The van der Waals surface area contributed by atoms with Gasteiger partial charge in [-0.3, -0.25) is 0 Å². The monoisotopic (exact) mass is 305 g/mol. The maximum absolute atomic E-state index is 12.0. The minimum absolute atomic E-state index is 0.284. The standard InChI is InChI=1S/C15H19N3O2S/c1-10-8-21-14(15(19)20-2)13(10)18-9-17-7-12(18)11-3-5-16-6-4-11/h7-9,11,16H,3-6H2,1-2H3. The number of piperidine rings is 1. The summed E-state index contributed by atoms with van der Waals surface area (Å²) in [6, 6.07) is 0. The maximum Gasteiger partial charge on any atom is 0.350 e. The van der Waals surface area contributed by atoms with Crippen molar-refractivity contribution in [1.29, 1.82) is 0 Å². The lowest BCUT2D eigenvalue weighted by molar-refractivity contribution is 0.0606. The first kappa shape index (κ1) is 14.3. The molecule has 0 aromatic carbocycles. The molecule has 0 atom stereocenters. The fraction of sp³-hybridized carbons (Fsp3) is 0.467. The number of carbonyl (C=O) groups is 1. The van der Waals surface area contributed by atoms with E-state index in [-0.39, 0.29) is 5.97 Å². The van der Waals surface area contributed by atoms with Crippen LogP contribution in [0.5, 0.6) is 0 Å². The van der Waals surface area contributed by atoms with Gasteiger partial charge in [0, 0.05) is 17.8 Å². The van der Waals surface area contributed by atoms with E-state index in [0.29, 0.717) is 10.8 Å². The molecule has 0 unspecified atom stereocenters. The van der Waals surface area contributed by atoms with Gasteiger partial charge in [0.15, 0.2) is 0 Å². The van der Waals surface area contributed by atoms with Gasteiger partial charge in [0.1, 0.15) is 4.88 Å². The molecule has 6 heteroatoms. The number of nitrogens with one attached hydrogen (secondary N) is 1. The van der Waals surface area contributed by atoms with E-state index < -0.39 is 0 Å². The van der Waals surface area contributed by atoms with E-state index in [2.05, 4.69) is 14.9 Å². The lowest BCUT2D eigenvalue weighted by Gasteiger charge is -2.24. The predicted octanol–water partition coefficient (Wildman–Crippen LogP) is 2.50. The van der Waals surface area contributed by atoms with Crippen molar-refractivity contribution in [2.24, 2.45) is 0 Å². The third-order valence-corrected chi connectivity index (χ3v) is 5.05. The summed E-state index contributed by atoms with van der Waals surface area (Å²) in [6.45, 7) is 4.08. The summed E-state index contributed by atoms with van der Waals surface area (Å²) >= 11 is 1.43. The molecule has 1 aliphatic rings. The van der Waals surface area contributed by atoms with Crippen molar-refractivity contribution in [3.63, 3.8) is 0 Å². The van der Waals surface area contributed by atoms with Crippen LogP contribution in [0.2, 0.25) is 0 Å². The highest BCUT2D eigenvalue weighted by molar-refractivity contribution is 7.12. The van der Waals surface area contributed by atoms with Crippen LogP contribution < -0.4 is 5.32 Å². The number of esters is 1. The van der Waals surface area contributed by atoms with E-state index >= 15 is 0 Å². The average Bonchev–Trinajstić information content (AvgIpc) is 3.13. The van der Waals surface area contributed by atoms with Gasteiger partial charge in [0.2, 0.25) is 0 Å². The number of nitrogens with zero attached hydrogens (tertiary/aromatic N) is 2. The lowest BCUT2D eigenvalue weighted by Crippen LogP contribution is -2.27. The zero-order valence-corrected chi connectivity index (χ0v) is 13.1. The first-order valence-corrected chi connectivity index (χ1v) is 8.00. The van der Waals surface area contributed by atoms with Gasteiger partial charge in [0.25, 0.3) is 0 Å². The normalized spacial score (nSPS) is 16.1. The molecule has 21 heavy (non-hydrogen) atoms. The number of aromatic nitrogens is 2. The highest BCUT2D eigenvalue weighted by Crippen LogP contribution is 2.32. The molecule has 1 fully saturated rings. The molecule has 3 rings (SSSR count). The molecule has 0 saturated carbocycles. The van der Waals surface area contributed by atoms with Crippen LogP contribution in [0.25, 0.3) is 5.69 Å². The van der Waals surface area contributed by atoms with Crippen molar-refractivity contribution < 1.29 is 9.53 Å². The molecule has 0 aliphatic carbocycles. The molecular weight excluding hydrogens is 286 g/mol. The highest BCUT2D eigenvalue weighted by Gasteiger charge is 2.24. The van der Waals surface area contributed by atoms with E-state index in [0.717, 1.165) is 37.2 Å². The Morgan fingerprint density at radius 2 is 2.24 bits per heavy atom. The van der Waals surface area contributed by atoms with E-state index in [4.69, 9.17) is 4.74 Å². The summed E-state index contributed by atoms with van der Waals surface area (Å²) in [4.78, 5) is 16.9. The van der Waals surface area contributed by atoms with Crippen molar-refractivity contribution in [2.45, 2.75) is 25.7 Å². The Labute approximate surface area is 128 Å². The smallest absolute Gasteiger partial charge is 0.350 e.